The number of hydrogen-bond donors (Lipinski definition) is 3. The lowest BCUT2D eigenvalue weighted by atomic mass is 10.2. The Labute approximate surface area is 101 Å². The summed E-state index contributed by atoms with van der Waals surface area (Å²) in [7, 11) is 0. The number of anilines is 2. The summed E-state index contributed by atoms with van der Waals surface area (Å²) in [4.78, 5) is 8.82. The van der Waals surface area contributed by atoms with Crippen LogP contribution in [0.15, 0.2) is 0 Å². The maximum absolute atomic E-state index is 5.46. The van der Waals surface area contributed by atoms with Gasteiger partial charge in [-0.05, 0) is 13.3 Å². The fourth-order valence-electron chi connectivity index (χ4n) is 1.84. The minimum Gasteiger partial charge on any atom is -0.379 e. The second-order valence-electron chi connectivity index (χ2n) is 4.16. The number of ether oxygens (including phenoxy) is 1. The molecule has 2 heterocycles. The summed E-state index contributed by atoms with van der Waals surface area (Å²) in [6, 6.07) is 0.332. The monoisotopic (exact) mass is 237 g/mol. The third-order valence-electron chi connectivity index (χ3n) is 2.92. The molecular formula is C11H19N5O. The summed E-state index contributed by atoms with van der Waals surface area (Å²) in [5.74, 6) is 7.77. The van der Waals surface area contributed by atoms with Gasteiger partial charge in [0.15, 0.2) is 0 Å². The molecule has 17 heavy (non-hydrogen) atoms. The Morgan fingerprint density at radius 3 is 2.76 bits per heavy atom. The number of nitrogens with two attached hydrogens (primary N) is 1. The number of rotatable bonds is 4. The number of hydrazine groups is 1. The predicted molar refractivity (Wildman–Crippen MR) is 66.8 cm³/mol. The first-order valence-corrected chi connectivity index (χ1v) is 5.93. The van der Waals surface area contributed by atoms with E-state index in [0.717, 1.165) is 43.3 Å². The van der Waals surface area contributed by atoms with Gasteiger partial charge in [0.2, 0.25) is 0 Å². The first kappa shape index (κ1) is 12.1. The molecule has 0 aliphatic carbocycles. The fourth-order valence-corrected chi connectivity index (χ4v) is 1.84. The van der Waals surface area contributed by atoms with Crippen LogP contribution < -0.4 is 16.6 Å². The summed E-state index contributed by atoms with van der Waals surface area (Å²) < 4.78 is 5.34. The highest BCUT2D eigenvalue weighted by atomic mass is 16.5. The molecule has 6 heteroatoms. The van der Waals surface area contributed by atoms with Crippen LogP contribution in [0.2, 0.25) is 0 Å². The van der Waals surface area contributed by atoms with Gasteiger partial charge in [0, 0.05) is 18.6 Å². The van der Waals surface area contributed by atoms with E-state index in [1.54, 1.807) is 0 Å². The quantitative estimate of drug-likeness (QED) is 0.531. The van der Waals surface area contributed by atoms with E-state index in [1.807, 2.05) is 13.8 Å². The topological polar surface area (TPSA) is 85.1 Å². The zero-order valence-corrected chi connectivity index (χ0v) is 10.3. The first-order chi connectivity index (χ1) is 8.24. The minimum atomic E-state index is 0.332. The highest BCUT2D eigenvalue weighted by Gasteiger charge is 2.18. The Kier molecular flexibility index (Phi) is 3.75. The number of aromatic nitrogens is 2. The Morgan fingerprint density at radius 2 is 2.18 bits per heavy atom. The molecule has 1 saturated heterocycles. The molecule has 1 fully saturated rings. The first-order valence-electron chi connectivity index (χ1n) is 5.93. The van der Waals surface area contributed by atoms with Crippen LogP contribution in [0.5, 0.6) is 0 Å². The molecular weight excluding hydrogens is 218 g/mol. The van der Waals surface area contributed by atoms with Crippen molar-refractivity contribution in [2.45, 2.75) is 32.7 Å². The lowest BCUT2D eigenvalue weighted by molar-refractivity contribution is 0.195. The molecule has 0 saturated carbocycles. The van der Waals surface area contributed by atoms with Crippen LogP contribution in [0.25, 0.3) is 0 Å². The van der Waals surface area contributed by atoms with Crippen molar-refractivity contribution < 1.29 is 4.74 Å². The number of nitrogens with zero attached hydrogens (tertiary/aromatic N) is 2. The summed E-state index contributed by atoms with van der Waals surface area (Å²) in [6.45, 7) is 5.51. The molecule has 1 aliphatic rings. The minimum absolute atomic E-state index is 0.332. The molecule has 94 valence electrons. The lowest BCUT2D eigenvalue weighted by Gasteiger charge is -2.16. The lowest BCUT2D eigenvalue weighted by Crippen LogP contribution is -2.22. The van der Waals surface area contributed by atoms with Gasteiger partial charge in [-0.1, -0.05) is 6.92 Å². The molecule has 1 aliphatic heterocycles. The van der Waals surface area contributed by atoms with Crippen LogP contribution in [0.1, 0.15) is 24.7 Å². The Bertz CT molecular complexity index is 390. The SMILES string of the molecule is CCc1nc(NN)c(C)c(NC2CCOC2)n1. The Morgan fingerprint density at radius 1 is 1.41 bits per heavy atom. The molecule has 0 aromatic carbocycles. The van der Waals surface area contributed by atoms with E-state index >= 15 is 0 Å². The van der Waals surface area contributed by atoms with Gasteiger partial charge >= 0.3 is 0 Å². The van der Waals surface area contributed by atoms with Crippen molar-refractivity contribution in [3.63, 3.8) is 0 Å². The number of hydrogen-bond acceptors (Lipinski definition) is 6. The van der Waals surface area contributed by atoms with E-state index in [2.05, 4.69) is 20.7 Å². The van der Waals surface area contributed by atoms with E-state index in [4.69, 9.17) is 10.6 Å². The van der Waals surface area contributed by atoms with Gasteiger partial charge in [-0.15, -0.1) is 0 Å². The normalized spacial score (nSPS) is 19.4. The predicted octanol–water partition coefficient (Wildman–Crippen LogP) is 0.834. The molecule has 1 aromatic rings. The molecule has 0 bridgehead atoms. The van der Waals surface area contributed by atoms with E-state index < -0.39 is 0 Å². The van der Waals surface area contributed by atoms with Gasteiger partial charge in [0.1, 0.15) is 17.5 Å². The van der Waals surface area contributed by atoms with Gasteiger partial charge in [-0.3, -0.25) is 0 Å². The largest absolute Gasteiger partial charge is 0.379 e. The summed E-state index contributed by atoms with van der Waals surface area (Å²) in [5, 5.41) is 3.39. The summed E-state index contributed by atoms with van der Waals surface area (Å²) >= 11 is 0. The maximum Gasteiger partial charge on any atom is 0.148 e. The van der Waals surface area contributed by atoms with Gasteiger partial charge < -0.3 is 15.5 Å². The zero-order valence-electron chi connectivity index (χ0n) is 10.3. The molecule has 0 spiro atoms. The Balaban J connectivity index is 2.24. The molecule has 1 aromatic heterocycles. The van der Waals surface area contributed by atoms with Crippen LogP contribution >= 0.6 is 0 Å². The average Bonchev–Trinajstić information content (AvgIpc) is 2.84. The van der Waals surface area contributed by atoms with Crippen molar-refractivity contribution in [2.24, 2.45) is 5.84 Å². The molecule has 0 amide bonds. The van der Waals surface area contributed by atoms with Crippen LogP contribution in [0.4, 0.5) is 11.6 Å². The molecule has 6 nitrogen and oxygen atoms in total. The average molecular weight is 237 g/mol. The zero-order chi connectivity index (χ0) is 12.3. The van der Waals surface area contributed by atoms with E-state index in [0.29, 0.717) is 11.9 Å². The van der Waals surface area contributed by atoms with Crippen LogP contribution in [0.3, 0.4) is 0 Å². The van der Waals surface area contributed by atoms with Crippen LogP contribution in [-0.4, -0.2) is 29.2 Å². The molecule has 1 atom stereocenters. The van der Waals surface area contributed by atoms with Gasteiger partial charge in [-0.2, -0.15) is 0 Å². The highest BCUT2D eigenvalue weighted by Crippen LogP contribution is 2.21. The van der Waals surface area contributed by atoms with Crippen LogP contribution in [-0.2, 0) is 11.2 Å². The second kappa shape index (κ2) is 5.29. The van der Waals surface area contributed by atoms with Gasteiger partial charge in [0.25, 0.3) is 0 Å². The van der Waals surface area contributed by atoms with E-state index in [-0.39, 0.29) is 0 Å². The van der Waals surface area contributed by atoms with Crippen molar-refractivity contribution in [3.8, 4) is 0 Å². The van der Waals surface area contributed by atoms with Gasteiger partial charge in [0.05, 0.1) is 12.6 Å². The number of aryl methyl sites for hydroxylation is 1. The third-order valence-corrected chi connectivity index (χ3v) is 2.92. The van der Waals surface area contributed by atoms with Crippen LogP contribution in [0, 0.1) is 6.92 Å². The third kappa shape index (κ3) is 2.65. The Hall–Kier alpha value is -1.40. The fraction of sp³-hybridized carbons (Fsp3) is 0.636. The smallest absolute Gasteiger partial charge is 0.148 e. The van der Waals surface area contributed by atoms with Crippen molar-refractivity contribution >= 4 is 11.6 Å². The van der Waals surface area contributed by atoms with Crippen molar-refractivity contribution in [3.05, 3.63) is 11.4 Å². The van der Waals surface area contributed by atoms with Crippen molar-refractivity contribution in [1.82, 2.24) is 9.97 Å². The van der Waals surface area contributed by atoms with Crippen molar-refractivity contribution in [1.29, 1.82) is 0 Å². The number of nitrogen functional groups attached to an aromatic ring is 1. The second-order valence-corrected chi connectivity index (χ2v) is 4.16. The standard InChI is InChI=1S/C11H19N5O/c1-3-9-14-10(7(2)11(15-9)16-12)13-8-4-5-17-6-8/h8H,3-6,12H2,1-2H3,(H2,13,14,15,16). The molecule has 2 rings (SSSR count). The highest BCUT2D eigenvalue weighted by molar-refractivity contribution is 5.57. The summed E-state index contributed by atoms with van der Waals surface area (Å²) in [5.41, 5.74) is 3.55. The van der Waals surface area contributed by atoms with E-state index in [9.17, 15) is 0 Å². The maximum atomic E-state index is 5.46. The number of nitrogens with one attached hydrogen (secondary N) is 2. The van der Waals surface area contributed by atoms with Gasteiger partial charge in [-0.25, -0.2) is 15.8 Å². The molecule has 1 unspecified atom stereocenters. The molecule has 0 radical (unpaired) electrons. The molecule has 4 N–H and O–H groups in total. The van der Waals surface area contributed by atoms with Crippen molar-refractivity contribution in [2.75, 3.05) is 24.0 Å². The van der Waals surface area contributed by atoms with E-state index in [1.165, 1.54) is 0 Å². The summed E-state index contributed by atoms with van der Waals surface area (Å²) in [6.07, 6.45) is 1.79.